The number of hydrogen-bond acceptors (Lipinski definition) is 5. The Morgan fingerprint density at radius 2 is 1.73 bits per heavy atom. The summed E-state index contributed by atoms with van der Waals surface area (Å²) in [6, 6.07) is 23.8. The molecule has 0 saturated carbocycles. The summed E-state index contributed by atoms with van der Waals surface area (Å²) in [7, 11) is 2.06. The number of likely N-dealkylation sites (tertiary alicyclic amines) is 1. The van der Waals surface area contributed by atoms with Crippen molar-refractivity contribution in [1.82, 2.24) is 25.2 Å². The van der Waals surface area contributed by atoms with Crippen molar-refractivity contribution in [2.45, 2.75) is 38.0 Å². The maximum absolute atomic E-state index is 6.87. The molecule has 1 aromatic heterocycles. The summed E-state index contributed by atoms with van der Waals surface area (Å²) in [4.78, 5) is 4.32. The number of benzene rings is 3. The molecule has 3 unspecified atom stereocenters. The van der Waals surface area contributed by atoms with Crippen LogP contribution in [0.5, 0.6) is 5.75 Å². The fraction of sp³-hybridized carbons (Fsp3) is 0.333. The number of nitrogens with one attached hydrogen (secondary N) is 1. The Morgan fingerprint density at radius 3 is 2.48 bits per heavy atom. The van der Waals surface area contributed by atoms with Crippen LogP contribution in [-0.2, 0) is 6.42 Å². The van der Waals surface area contributed by atoms with E-state index in [1.165, 1.54) is 17.5 Å². The summed E-state index contributed by atoms with van der Waals surface area (Å²) in [5.74, 6) is 0.817. The Labute approximate surface area is 194 Å². The molecule has 3 atom stereocenters. The second-order valence-corrected chi connectivity index (χ2v) is 9.23. The molecule has 33 heavy (non-hydrogen) atoms. The van der Waals surface area contributed by atoms with Gasteiger partial charge in [-0.3, -0.25) is 4.90 Å². The minimum absolute atomic E-state index is 0.0248. The summed E-state index contributed by atoms with van der Waals surface area (Å²) in [6.07, 6.45) is 2.17. The number of hydrogen-bond donors (Lipinski definition) is 1. The lowest BCUT2D eigenvalue weighted by molar-refractivity contribution is 0.0924. The molecule has 0 bridgehead atoms. The van der Waals surface area contributed by atoms with Gasteiger partial charge in [0.1, 0.15) is 28.6 Å². The van der Waals surface area contributed by atoms with Crippen molar-refractivity contribution < 1.29 is 4.74 Å². The SMILES string of the molecule is CNC1CCN(C2Cc3ccccc3C2Oc2ccc(C)cc2-n2nc3ccccc3n2)C1. The highest BCUT2D eigenvalue weighted by atomic mass is 16.5. The van der Waals surface area contributed by atoms with E-state index in [0.717, 1.165) is 47.5 Å². The van der Waals surface area contributed by atoms with Gasteiger partial charge in [-0.05, 0) is 67.8 Å². The molecule has 6 nitrogen and oxygen atoms in total. The molecule has 4 aromatic rings. The van der Waals surface area contributed by atoms with Gasteiger partial charge in [0.15, 0.2) is 0 Å². The van der Waals surface area contributed by atoms with Gasteiger partial charge in [0, 0.05) is 19.1 Å². The van der Waals surface area contributed by atoms with Crippen LogP contribution in [0.3, 0.4) is 0 Å². The molecule has 6 heteroatoms. The Morgan fingerprint density at radius 1 is 0.970 bits per heavy atom. The number of likely N-dealkylation sites (N-methyl/N-ethyl adjacent to an activating group) is 1. The molecule has 2 heterocycles. The first-order valence-corrected chi connectivity index (χ1v) is 11.8. The van der Waals surface area contributed by atoms with E-state index in [9.17, 15) is 0 Å². The molecule has 1 N–H and O–H groups in total. The summed E-state index contributed by atoms with van der Waals surface area (Å²) in [5.41, 5.74) is 6.47. The Balaban J connectivity index is 1.38. The standard InChI is InChI=1S/C27H29N5O/c1-18-11-12-26(24(15-18)32-29-22-9-5-6-10-23(22)30-32)33-27-21-8-4-3-7-19(21)16-25(27)31-14-13-20(17-31)28-2/h3-12,15,20,25,27-28H,13-14,16-17H2,1-2H3. The van der Waals surface area contributed by atoms with Crippen LogP contribution in [0.25, 0.3) is 16.7 Å². The molecule has 168 valence electrons. The third-order valence-corrected chi connectivity index (χ3v) is 7.11. The van der Waals surface area contributed by atoms with Gasteiger partial charge < -0.3 is 10.1 Å². The zero-order chi connectivity index (χ0) is 22.4. The lowest BCUT2D eigenvalue weighted by Gasteiger charge is -2.30. The van der Waals surface area contributed by atoms with Gasteiger partial charge in [-0.1, -0.05) is 42.5 Å². The number of rotatable bonds is 5. The van der Waals surface area contributed by atoms with E-state index < -0.39 is 0 Å². The number of aromatic nitrogens is 3. The Kier molecular flexibility index (Phi) is 5.12. The van der Waals surface area contributed by atoms with E-state index in [0.29, 0.717) is 12.1 Å². The lowest BCUT2D eigenvalue weighted by Crippen LogP contribution is -2.40. The van der Waals surface area contributed by atoms with Crippen LogP contribution >= 0.6 is 0 Å². The van der Waals surface area contributed by atoms with E-state index in [1.807, 2.05) is 24.3 Å². The van der Waals surface area contributed by atoms with Gasteiger partial charge >= 0.3 is 0 Å². The third kappa shape index (κ3) is 3.69. The van der Waals surface area contributed by atoms with Crippen LogP contribution in [0.15, 0.2) is 66.7 Å². The van der Waals surface area contributed by atoms with Crippen molar-refractivity contribution in [3.8, 4) is 11.4 Å². The summed E-state index contributed by atoms with van der Waals surface area (Å²) >= 11 is 0. The lowest BCUT2D eigenvalue weighted by atomic mass is 10.1. The molecular weight excluding hydrogens is 410 g/mol. The molecule has 0 amide bonds. The summed E-state index contributed by atoms with van der Waals surface area (Å²) < 4.78 is 6.87. The molecule has 3 aromatic carbocycles. The van der Waals surface area contributed by atoms with Gasteiger partial charge in [-0.25, -0.2) is 0 Å². The van der Waals surface area contributed by atoms with E-state index in [2.05, 4.69) is 66.7 Å². The predicted octanol–water partition coefficient (Wildman–Crippen LogP) is 4.07. The molecule has 0 radical (unpaired) electrons. The van der Waals surface area contributed by atoms with Crippen LogP contribution in [0, 0.1) is 6.92 Å². The van der Waals surface area contributed by atoms with Crippen LogP contribution in [0.1, 0.15) is 29.2 Å². The smallest absolute Gasteiger partial charge is 0.147 e. The fourth-order valence-corrected chi connectivity index (χ4v) is 5.31. The first-order valence-electron chi connectivity index (χ1n) is 11.8. The van der Waals surface area contributed by atoms with Crippen molar-refractivity contribution >= 4 is 11.0 Å². The maximum Gasteiger partial charge on any atom is 0.147 e. The van der Waals surface area contributed by atoms with E-state index in [4.69, 9.17) is 14.9 Å². The van der Waals surface area contributed by atoms with Crippen LogP contribution in [0.4, 0.5) is 0 Å². The van der Waals surface area contributed by atoms with E-state index >= 15 is 0 Å². The highest BCUT2D eigenvalue weighted by Crippen LogP contribution is 2.40. The van der Waals surface area contributed by atoms with E-state index in [1.54, 1.807) is 4.80 Å². The average Bonchev–Trinajstić information content (AvgIpc) is 3.57. The quantitative estimate of drug-likeness (QED) is 0.508. The van der Waals surface area contributed by atoms with Crippen LogP contribution < -0.4 is 10.1 Å². The Bertz CT molecular complexity index is 1270. The number of nitrogens with zero attached hydrogens (tertiary/aromatic N) is 4. The minimum Gasteiger partial charge on any atom is -0.482 e. The molecular formula is C27H29N5O. The number of ether oxygens (including phenoxy) is 1. The topological polar surface area (TPSA) is 55.2 Å². The Hall–Kier alpha value is -3.22. The first kappa shape index (κ1) is 20.4. The van der Waals surface area contributed by atoms with Crippen molar-refractivity contribution in [2.75, 3.05) is 20.1 Å². The van der Waals surface area contributed by atoms with Crippen LogP contribution in [-0.4, -0.2) is 52.1 Å². The molecule has 1 saturated heterocycles. The second-order valence-electron chi connectivity index (χ2n) is 9.23. The summed E-state index contributed by atoms with van der Waals surface area (Å²) in [6.45, 7) is 4.24. The van der Waals surface area contributed by atoms with Gasteiger partial charge in [-0.15, -0.1) is 15.0 Å². The summed E-state index contributed by atoms with van der Waals surface area (Å²) in [5, 5.41) is 12.9. The normalized spacial score (nSPS) is 22.7. The largest absolute Gasteiger partial charge is 0.482 e. The first-order chi connectivity index (χ1) is 16.2. The van der Waals surface area contributed by atoms with Gasteiger partial charge in [-0.2, -0.15) is 0 Å². The maximum atomic E-state index is 6.87. The zero-order valence-electron chi connectivity index (χ0n) is 19.1. The van der Waals surface area contributed by atoms with Gasteiger partial charge in [0.25, 0.3) is 0 Å². The van der Waals surface area contributed by atoms with Gasteiger partial charge in [0.2, 0.25) is 0 Å². The van der Waals surface area contributed by atoms with Crippen molar-refractivity contribution in [3.63, 3.8) is 0 Å². The second kappa shape index (κ2) is 8.28. The van der Waals surface area contributed by atoms with Gasteiger partial charge in [0.05, 0.1) is 6.04 Å². The van der Waals surface area contributed by atoms with Crippen molar-refractivity contribution in [1.29, 1.82) is 0 Å². The monoisotopic (exact) mass is 439 g/mol. The predicted molar refractivity (Wildman–Crippen MR) is 130 cm³/mol. The number of fused-ring (bicyclic) bond motifs is 2. The highest BCUT2D eigenvalue weighted by Gasteiger charge is 2.40. The fourth-order valence-electron chi connectivity index (χ4n) is 5.31. The zero-order valence-corrected chi connectivity index (χ0v) is 19.1. The van der Waals surface area contributed by atoms with Crippen molar-refractivity contribution in [2.24, 2.45) is 0 Å². The molecule has 6 rings (SSSR count). The minimum atomic E-state index is -0.0248. The van der Waals surface area contributed by atoms with E-state index in [-0.39, 0.29) is 6.10 Å². The highest BCUT2D eigenvalue weighted by molar-refractivity contribution is 5.73. The molecule has 1 fully saturated rings. The molecule has 1 aliphatic heterocycles. The third-order valence-electron chi connectivity index (χ3n) is 7.11. The molecule has 0 spiro atoms. The van der Waals surface area contributed by atoms with Crippen molar-refractivity contribution in [3.05, 3.63) is 83.4 Å². The molecule has 2 aliphatic rings. The molecule has 1 aliphatic carbocycles. The number of aryl methyl sites for hydroxylation is 1. The van der Waals surface area contributed by atoms with Crippen LogP contribution in [0.2, 0.25) is 0 Å². The average molecular weight is 440 g/mol.